The zero-order valence-corrected chi connectivity index (χ0v) is 9.53. The number of nitrogens with zero attached hydrogens (tertiary/aromatic N) is 1. The van der Waals surface area contributed by atoms with E-state index in [4.69, 9.17) is 10.8 Å². The Morgan fingerprint density at radius 2 is 2.43 bits per heavy atom. The van der Waals surface area contributed by atoms with E-state index >= 15 is 0 Å². The molecule has 0 saturated heterocycles. The quantitative estimate of drug-likeness (QED) is 0.618. The maximum absolute atomic E-state index is 8.55. The van der Waals surface area contributed by atoms with Crippen LogP contribution in [-0.4, -0.2) is 34.1 Å². The minimum atomic E-state index is 0.284. The summed E-state index contributed by atoms with van der Waals surface area (Å²) in [6.07, 6.45) is 0.873. The van der Waals surface area contributed by atoms with Crippen molar-refractivity contribution in [2.75, 3.05) is 35.7 Å². The number of hydrogen-bond acceptors (Lipinski definition) is 6. The van der Waals surface area contributed by atoms with Crippen LogP contribution in [0.2, 0.25) is 0 Å². The second-order valence-corrected chi connectivity index (χ2v) is 4.76. The second kappa shape index (κ2) is 6.92. The summed E-state index contributed by atoms with van der Waals surface area (Å²) in [4.78, 5) is 0. The van der Waals surface area contributed by atoms with Crippen LogP contribution in [0, 0.1) is 0 Å². The lowest BCUT2D eigenvalue weighted by Crippen LogP contribution is -2.03. The summed E-state index contributed by atoms with van der Waals surface area (Å²) in [5.74, 6) is 2.63. The van der Waals surface area contributed by atoms with Crippen LogP contribution in [0.1, 0.15) is 6.42 Å². The summed E-state index contributed by atoms with van der Waals surface area (Å²) in [6, 6.07) is 1.84. The number of thioether (sulfide) groups is 1. The zero-order chi connectivity index (χ0) is 10.2. The van der Waals surface area contributed by atoms with Crippen LogP contribution < -0.4 is 11.1 Å². The van der Waals surface area contributed by atoms with Gasteiger partial charge in [0, 0.05) is 25.0 Å². The summed E-state index contributed by atoms with van der Waals surface area (Å²) >= 11 is 3.22. The van der Waals surface area contributed by atoms with Crippen molar-refractivity contribution in [1.29, 1.82) is 0 Å². The molecule has 1 heterocycles. The van der Waals surface area contributed by atoms with Gasteiger partial charge in [-0.2, -0.15) is 16.1 Å². The number of nitrogens with two attached hydrogens (primary N) is 1. The first-order chi connectivity index (χ1) is 6.83. The zero-order valence-electron chi connectivity index (χ0n) is 7.90. The van der Waals surface area contributed by atoms with Crippen molar-refractivity contribution < 1.29 is 5.11 Å². The van der Waals surface area contributed by atoms with Crippen LogP contribution in [0.15, 0.2) is 6.07 Å². The fourth-order valence-corrected chi connectivity index (χ4v) is 2.27. The number of aliphatic hydroxyl groups excluding tert-OH is 1. The molecule has 0 fully saturated rings. The Kier molecular flexibility index (Phi) is 5.74. The molecular weight excluding hydrogens is 218 g/mol. The number of nitrogen functional groups attached to an aromatic ring is 1. The minimum absolute atomic E-state index is 0.284. The summed E-state index contributed by atoms with van der Waals surface area (Å²) in [5, 5.41) is 12.8. The van der Waals surface area contributed by atoms with Crippen molar-refractivity contribution >= 4 is 34.1 Å². The van der Waals surface area contributed by atoms with Crippen LogP contribution >= 0.6 is 23.3 Å². The van der Waals surface area contributed by atoms with Crippen molar-refractivity contribution in [3.8, 4) is 0 Å². The van der Waals surface area contributed by atoms with Gasteiger partial charge in [0.15, 0.2) is 0 Å². The molecule has 0 bridgehead atoms. The van der Waals surface area contributed by atoms with E-state index in [1.54, 1.807) is 0 Å². The fourth-order valence-electron chi connectivity index (χ4n) is 0.887. The highest BCUT2D eigenvalue weighted by molar-refractivity contribution is 7.99. The fraction of sp³-hybridized carbons (Fsp3) is 0.625. The highest BCUT2D eigenvalue weighted by Crippen LogP contribution is 2.17. The number of anilines is 2. The first-order valence-corrected chi connectivity index (χ1v) is 6.40. The molecule has 0 aliphatic heterocycles. The van der Waals surface area contributed by atoms with E-state index in [-0.39, 0.29) is 6.61 Å². The lowest BCUT2D eigenvalue weighted by Gasteiger charge is -2.01. The molecule has 0 atom stereocenters. The Bertz CT molecular complexity index is 254. The molecule has 0 spiro atoms. The highest BCUT2D eigenvalue weighted by Gasteiger charge is 1.96. The molecular formula is C8H15N3OS2. The first kappa shape index (κ1) is 11.6. The molecule has 4 nitrogen and oxygen atoms in total. The summed E-state index contributed by atoms with van der Waals surface area (Å²) < 4.78 is 3.96. The lowest BCUT2D eigenvalue weighted by atomic mass is 10.5. The van der Waals surface area contributed by atoms with Gasteiger partial charge in [-0.05, 0) is 23.7 Å². The maximum atomic E-state index is 8.55. The third kappa shape index (κ3) is 4.69. The maximum Gasteiger partial charge on any atom is 0.139 e. The minimum Gasteiger partial charge on any atom is -0.396 e. The standard InChI is InChI=1S/C8H15N3OS2/c9-7-6-8(14-11-7)10-2-5-13-4-1-3-12/h6,10,12H,1-5H2,(H2,9,11). The number of aromatic nitrogens is 1. The van der Waals surface area contributed by atoms with E-state index in [0.717, 1.165) is 29.5 Å². The molecule has 0 amide bonds. The van der Waals surface area contributed by atoms with Crippen molar-refractivity contribution in [3.05, 3.63) is 6.07 Å². The number of rotatable bonds is 7. The predicted octanol–water partition coefficient (Wildman–Crippen LogP) is 1.25. The van der Waals surface area contributed by atoms with E-state index in [0.29, 0.717) is 5.82 Å². The normalized spacial score (nSPS) is 10.4. The number of nitrogens with one attached hydrogen (secondary N) is 1. The lowest BCUT2D eigenvalue weighted by molar-refractivity contribution is 0.296. The molecule has 1 aromatic rings. The highest BCUT2D eigenvalue weighted by atomic mass is 32.2. The van der Waals surface area contributed by atoms with Gasteiger partial charge in [-0.3, -0.25) is 0 Å². The first-order valence-electron chi connectivity index (χ1n) is 4.47. The van der Waals surface area contributed by atoms with Crippen LogP contribution in [-0.2, 0) is 0 Å². The molecule has 0 radical (unpaired) electrons. The second-order valence-electron chi connectivity index (χ2n) is 2.73. The molecule has 14 heavy (non-hydrogen) atoms. The summed E-state index contributed by atoms with van der Waals surface area (Å²) in [6.45, 7) is 1.20. The van der Waals surface area contributed by atoms with Crippen LogP contribution in [0.3, 0.4) is 0 Å². The van der Waals surface area contributed by atoms with Gasteiger partial charge in [0.05, 0.1) is 0 Å². The smallest absolute Gasteiger partial charge is 0.139 e. The molecule has 0 saturated carbocycles. The number of hydrogen-bond donors (Lipinski definition) is 3. The van der Waals surface area contributed by atoms with Gasteiger partial charge >= 0.3 is 0 Å². The van der Waals surface area contributed by atoms with Crippen LogP contribution in [0.4, 0.5) is 10.8 Å². The van der Waals surface area contributed by atoms with Gasteiger partial charge in [0.2, 0.25) is 0 Å². The Balaban J connectivity index is 1.99. The van der Waals surface area contributed by atoms with E-state index in [9.17, 15) is 0 Å². The average Bonchev–Trinajstić information content (AvgIpc) is 2.58. The van der Waals surface area contributed by atoms with Crippen molar-refractivity contribution in [2.45, 2.75) is 6.42 Å². The Hall–Kier alpha value is -0.460. The van der Waals surface area contributed by atoms with Gasteiger partial charge < -0.3 is 16.2 Å². The van der Waals surface area contributed by atoms with E-state index in [2.05, 4.69) is 9.69 Å². The molecule has 80 valence electrons. The largest absolute Gasteiger partial charge is 0.396 e. The van der Waals surface area contributed by atoms with Crippen LogP contribution in [0.25, 0.3) is 0 Å². The van der Waals surface area contributed by atoms with Gasteiger partial charge in [0.1, 0.15) is 10.8 Å². The SMILES string of the molecule is Nc1cc(NCCSCCCO)sn1. The average molecular weight is 233 g/mol. The van der Waals surface area contributed by atoms with Gasteiger partial charge in [0.25, 0.3) is 0 Å². The molecule has 6 heteroatoms. The molecule has 0 aromatic carbocycles. The van der Waals surface area contributed by atoms with E-state index in [1.165, 1.54) is 11.5 Å². The molecule has 1 aromatic heterocycles. The molecule has 1 rings (SSSR count). The van der Waals surface area contributed by atoms with Crippen molar-refractivity contribution in [3.63, 3.8) is 0 Å². The Morgan fingerprint density at radius 1 is 1.57 bits per heavy atom. The van der Waals surface area contributed by atoms with Gasteiger partial charge in [-0.25, -0.2) is 0 Å². The third-order valence-electron chi connectivity index (χ3n) is 1.52. The molecule has 0 aliphatic rings. The third-order valence-corrected chi connectivity index (χ3v) is 3.35. The topological polar surface area (TPSA) is 71.2 Å². The van der Waals surface area contributed by atoms with Crippen LogP contribution in [0.5, 0.6) is 0 Å². The van der Waals surface area contributed by atoms with Crippen molar-refractivity contribution in [2.24, 2.45) is 0 Å². The van der Waals surface area contributed by atoms with Gasteiger partial charge in [-0.1, -0.05) is 0 Å². The van der Waals surface area contributed by atoms with Gasteiger partial charge in [-0.15, -0.1) is 0 Å². The molecule has 4 N–H and O–H groups in total. The van der Waals surface area contributed by atoms with E-state index in [1.807, 2.05) is 17.8 Å². The Labute approximate surface area is 92.1 Å². The summed E-state index contributed by atoms with van der Waals surface area (Å²) in [5.41, 5.74) is 5.47. The Morgan fingerprint density at radius 3 is 3.07 bits per heavy atom. The summed E-state index contributed by atoms with van der Waals surface area (Å²) in [7, 11) is 0. The predicted molar refractivity (Wildman–Crippen MR) is 64.0 cm³/mol. The number of aliphatic hydroxyl groups is 1. The van der Waals surface area contributed by atoms with Crippen molar-refractivity contribution in [1.82, 2.24) is 4.37 Å². The molecule has 0 unspecified atom stereocenters. The van der Waals surface area contributed by atoms with E-state index < -0.39 is 0 Å². The molecule has 0 aliphatic carbocycles. The monoisotopic (exact) mass is 233 g/mol.